The molecule has 1 aromatic carbocycles. The number of nitrogens with one attached hydrogen (secondary N) is 2. The van der Waals surface area contributed by atoms with Crippen LogP contribution in [0.1, 0.15) is 36.2 Å². The number of anilines is 1. The fourth-order valence-corrected chi connectivity index (χ4v) is 3.60. The average Bonchev–Trinajstić information content (AvgIpc) is 3.23. The summed E-state index contributed by atoms with van der Waals surface area (Å²) in [6.07, 6.45) is 4.84. The van der Waals surface area contributed by atoms with E-state index in [2.05, 4.69) is 34.6 Å². The molecular weight excluding hydrogens is 304 g/mol. The lowest BCUT2D eigenvalue weighted by molar-refractivity contribution is 0.181. The van der Waals surface area contributed by atoms with Crippen molar-refractivity contribution in [2.75, 3.05) is 18.1 Å². The second kappa shape index (κ2) is 6.28. The Morgan fingerprint density at radius 3 is 3.21 bits per heavy atom. The van der Waals surface area contributed by atoms with Gasteiger partial charge in [0.15, 0.2) is 0 Å². The van der Waals surface area contributed by atoms with E-state index >= 15 is 0 Å². The number of rotatable bonds is 4. The lowest BCUT2D eigenvalue weighted by Crippen LogP contribution is -2.36. The van der Waals surface area contributed by atoms with Crippen LogP contribution >= 0.6 is 0 Å². The number of benzene rings is 1. The Hall–Kier alpha value is -2.34. The van der Waals surface area contributed by atoms with Gasteiger partial charge in [0, 0.05) is 23.5 Å². The minimum atomic E-state index is -0.257. The van der Waals surface area contributed by atoms with E-state index in [1.165, 1.54) is 16.8 Å². The van der Waals surface area contributed by atoms with Crippen LogP contribution in [0.15, 0.2) is 30.5 Å². The number of ether oxygens (including phenoxy) is 1. The van der Waals surface area contributed by atoms with Crippen LogP contribution in [-0.4, -0.2) is 35.5 Å². The minimum absolute atomic E-state index is 0.224. The van der Waals surface area contributed by atoms with E-state index in [0.717, 1.165) is 24.9 Å². The van der Waals surface area contributed by atoms with Gasteiger partial charge in [-0.2, -0.15) is 5.10 Å². The predicted octanol–water partition coefficient (Wildman–Crippen LogP) is 2.57. The van der Waals surface area contributed by atoms with Gasteiger partial charge < -0.3 is 10.1 Å². The molecule has 2 aromatic rings. The van der Waals surface area contributed by atoms with Crippen molar-refractivity contribution in [3.63, 3.8) is 0 Å². The molecule has 0 radical (unpaired) electrons. The molecule has 24 heavy (non-hydrogen) atoms. The van der Waals surface area contributed by atoms with Crippen molar-refractivity contribution in [1.29, 1.82) is 0 Å². The van der Waals surface area contributed by atoms with Crippen molar-refractivity contribution in [3.8, 4) is 0 Å². The lowest BCUT2D eigenvalue weighted by Gasteiger charge is -2.27. The molecule has 126 valence electrons. The number of aromatic amines is 1. The maximum Gasteiger partial charge on any atom is 0.414 e. The number of carbonyl (C=O) groups is 1. The zero-order valence-electron chi connectivity index (χ0n) is 13.8. The Bertz CT molecular complexity index is 742. The topological polar surface area (TPSA) is 70.2 Å². The van der Waals surface area contributed by atoms with E-state index in [-0.39, 0.29) is 12.1 Å². The highest BCUT2D eigenvalue weighted by Gasteiger charge is 2.25. The van der Waals surface area contributed by atoms with E-state index in [4.69, 9.17) is 4.74 Å². The molecule has 1 aliphatic carbocycles. The fraction of sp³-hybridized carbons (Fsp3) is 0.444. The fourth-order valence-electron chi connectivity index (χ4n) is 3.60. The van der Waals surface area contributed by atoms with E-state index < -0.39 is 0 Å². The van der Waals surface area contributed by atoms with Crippen LogP contribution in [0.4, 0.5) is 10.5 Å². The first-order chi connectivity index (χ1) is 11.7. The van der Waals surface area contributed by atoms with Gasteiger partial charge in [0.25, 0.3) is 0 Å². The van der Waals surface area contributed by atoms with E-state index in [9.17, 15) is 4.79 Å². The van der Waals surface area contributed by atoms with Gasteiger partial charge in [-0.1, -0.05) is 12.1 Å². The van der Waals surface area contributed by atoms with Crippen LogP contribution < -0.4 is 10.2 Å². The largest absolute Gasteiger partial charge is 0.447 e. The van der Waals surface area contributed by atoms with E-state index in [0.29, 0.717) is 19.2 Å². The Morgan fingerprint density at radius 1 is 1.46 bits per heavy atom. The standard InChI is InChI=1S/C18H22N4O2/c1-12(20-15-5-6-17-14(9-15)11-19-21-17)13-3-2-4-16(10-13)22-7-8-24-18(22)23/h2-4,10-12,15,20H,5-9H2,1H3,(H,19,21)/t12-,15+/m0/s1. The predicted molar refractivity (Wildman–Crippen MR) is 91.1 cm³/mol. The van der Waals surface area contributed by atoms with Gasteiger partial charge in [-0.15, -0.1) is 0 Å². The summed E-state index contributed by atoms with van der Waals surface area (Å²) >= 11 is 0. The first-order valence-corrected chi connectivity index (χ1v) is 8.52. The third-order valence-corrected chi connectivity index (χ3v) is 4.95. The molecule has 2 atom stereocenters. The summed E-state index contributed by atoms with van der Waals surface area (Å²) in [5.74, 6) is 0. The normalized spacial score (nSPS) is 21.5. The SMILES string of the molecule is C[C@H](N[C@@H]1CCc2[nH]ncc2C1)c1cccc(N2CCOC2=O)c1. The molecule has 4 rings (SSSR count). The van der Waals surface area contributed by atoms with Gasteiger partial charge in [-0.25, -0.2) is 4.79 Å². The number of hydrogen-bond acceptors (Lipinski definition) is 4. The third-order valence-electron chi connectivity index (χ3n) is 4.95. The lowest BCUT2D eigenvalue weighted by atomic mass is 9.92. The van der Waals surface area contributed by atoms with Crippen LogP contribution in [-0.2, 0) is 17.6 Å². The van der Waals surface area contributed by atoms with Crippen LogP contribution in [0.25, 0.3) is 0 Å². The molecule has 1 fully saturated rings. The number of aromatic nitrogens is 2. The first kappa shape index (κ1) is 15.2. The van der Waals surface area contributed by atoms with Gasteiger partial charge in [-0.05, 0) is 49.4 Å². The van der Waals surface area contributed by atoms with Crippen LogP contribution in [0.3, 0.4) is 0 Å². The summed E-state index contributed by atoms with van der Waals surface area (Å²) in [5.41, 5.74) is 4.68. The molecule has 2 N–H and O–H groups in total. The number of amides is 1. The Morgan fingerprint density at radius 2 is 2.38 bits per heavy atom. The van der Waals surface area contributed by atoms with Gasteiger partial charge in [0.05, 0.1) is 12.7 Å². The van der Waals surface area contributed by atoms with Crippen molar-refractivity contribution >= 4 is 11.8 Å². The van der Waals surface area contributed by atoms with Gasteiger partial charge >= 0.3 is 6.09 Å². The zero-order chi connectivity index (χ0) is 16.5. The number of fused-ring (bicyclic) bond motifs is 1. The Balaban J connectivity index is 1.45. The second-order valence-corrected chi connectivity index (χ2v) is 6.56. The molecule has 0 bridgehead atoms. The maximum atomic E-state index is 11.7. The number of aryl methyl sites for hydroxylation is 1. The molecule has 6 heteroatoms. The highest BCUT2D eigenvalue weighted by atomic mass is 16.6. The molecule has 0 saturated carbocycles. The van der Waals surface area contributed by atoms with Crippen LogP contribution in [0.5, 0.6) is 0 Å². The van der Waals surface area contributed by atoms with Crippen molar-refractivity contribution in [1.82, 2.24) is 15.5 Å². The summed E-state index contributed by atoms with van der Waals surface area (Å²) in [6.45, 7) is 3.26. The molecule has 0 spiro atoms. The summed E-state index contributed by atoms with van der Waals surface area (Å²) in [4.78, 5) is 13.4. The van der Waals surface area contributed by atoms with Crippen molar-refractivity contribution in [3.05, 3.63) is 47.3 Å². The number of hydrogen-bond donors (Lipinski definition) is 2. The zero-order valence-corrected chi connectivity index (χ0v) is 13.8. The number of cyclic esters (lactones) is 1. The molecule has 1 amide bonds. The van der Waals surface area contributed by atoms with Gasteiger partial charge in [-0.3, -0.25) is 10.00 Å². The molecule has 1 aliphatic heterocycles. The number of nitrogens with zero attached hydrogens (tertiary/aromatic N) is 2. The molecule has 1 aromatic heterocycles. The Labute approximate surface area is 141 Å². The number of carbonyl (C=O) groups excluding carboxylic acids is 1. The smallest absolute Gasteiger partial charge is 0.414 e. The van der Waals surface area contributed by atoms with Crippen molar-refractivity contribution < 1.29 is 9.53 Å². The van der Waals surface area contributed by atoms with Crippen LogP contribution in [0.2, 0.25) is 0 Å². The average molecular weight is 326 g/mol. The Kier molecular flexibility index (Phi) is 3.98. The molecule has 2 heterocycles. The van der Waals surface area contributed by atoms with Crippen molar-refractivity contribution in [2.45, 2.75) is 38.3 Å². The molecular formula is C18H22N4O2. The van der Waals surface area contributed by atoms with E-state index in [1.54, 1.807) is 4.90 Å². The van der Waals surface area contributed by atoms with Crippen molar-refractivity contribution in [2.24, 2.45) is 0 Å². The minimum Gasteiger partial charge on any atom is -0.447 e. The highest BCUT2D eigenvalue weighted by molar-refractivity contribution is 5.89. The summed E-state index contributed by atoms with van der Waals surface area (Å²) in [6, 6.07) is 8.82. The third kappa shape index (κ3) is 2.89. The summed E-state index contributed by atoms with van der Waals surface area (Å²) in [5, 5.41) is 10.9. The molecule has 0 unspecified atom stereocenters. The second-order valence-electron chi connectivity index (χ2n) is 6.56. The summed E-state index contributed by atoms with van der Waals surface area (Å²) in [7, 11) is 0. The van der Waals surface area contributed by atoms with Gasteiger partial charge in [0.1, 0.15) is 6.61 Å². The molecule has 6 nitrogen and oxygen atoms in total. The monoisotopic (exact) mass is 326 g/mol. The number of H-pyrrole nitrogens is 1. The van der Waals surface area contributed by atoms with Crippen LogP contribution in [0, 0.1) is 0 Å². The quantitative estimate of drug-likeness (QED) is 0.906. The van der Waals surface area contributed by atoms with E-state index in [1.807, 2.05) is 18.3 Å². The summed E-state index contributed by atoms with van der Waals surface area (Å²) < 4.78 is 5.03. The molecule has 2 aliphatic rings. The highest BCUT2D eigenvalue weighted by Crippen LogP contribution is 2.25. The first-order valence-electron chi connectivity index (χ1n) is 8.52. The van der Waals surface area contributed by atoms with Gasteiger partial charge in [0.2, 0.25) is 0 Å². The maximum absolute atomic E-state index is 11.7. The molecule has 1 saturated heterocycles.